The van der Waals surface area contributed by atoms with Crippen LogP contribution in [0, 0.1) is 0 Å². The van der Waals surface area contributed by atoms with Crippen molar-refractivity contribution in [2.75, 3.05) is 31.0 Å². The van der Waals surface area contributed by atoms with Gasteiger partial charge in [-0.15, -0.1) is 10.2 Å². The highest BCUT2D eigenvalue weighted by atomic mass is 32.1. The van der Waals surface area contributed by atoms with Gasteiger partial charge in [0, 0.05) is 19.0 Å². The summed E-state index contributed by atoms with van der Waals surface area (Å²) in [6.45, 7) is 1.51. The molecule has 2 amide bonds. The van der Waals surface area contributed by atoms with E-state index < -0.39 is 6.03 Å². The van der Waals surface area contributed by atoms with Crippen LogP contribution in [0.3, 0.4) is 0 Å². The standard InChI is InChI=1S/C18H19N5O3S/c1-25-9-10-26-12-13-5-4-6-14(11-13)20-17(24)21-18-23-22-16(27-18)15-7-2-3-8-19-15/h2-8,11H,9-10,12H2,1H3,(H2,20,21,23,24). The Hall–Kier alpha value is -2.88. The van der Waals surface area contributed by atoms with Crippen LogP contribution >= 0.6 is 11.3 Å². The fourth-order valence-corrected chi connectivity index (χ4v) is 2.91. The quantitative estimate of drug-likeness (QED) is 0.577. The van der Waals surface area contributed by atoms with Gasteiger partial charge in [0.25, 0.3) is 0 Å². The zero-order valence-electron chi connectivity index (χ0n) is 14.7. The van der Waals surface area contributed by atoms with Crippen LogP contribution in [0.15, 0.2) is 48.7 Å². The molecule has 0 fully saturated rings. The van der Waals surface area contributed by atoms with Gasteiger partial charge in [0.15, 0.2) is 5.01 Å². The van der Waals surface area contributed by atoms with E-state index in [0.29, 0.717) is 41.3 Å². The van der Waals surface area contributed by atoms with Crippen molar-refractivity contribution in [3.63, 3.8) is 0 Å². The molecule has 0 aliphatic carbocycles. The topological polar surface area (TPSA) is 98.3 Å². The van der Waals surface area contributed by atoms with E-state index in [1.54, 1.807) is 19.4 Å². The molecule has 8 nitrogen and oxygen atoms in total. The molecule has 0 saturated carbocycles. The molecule has 0 aliphatic rings. The minimum absolute atomic E-state index is 0.392. The Balaban J connectivity index is 1.54. The number of aromatic nitrogens is 3. The zero-order valence-corrected chi connectivity index (χ0v) is 15.5. The van der Waals surface area contributed by atoms with Crippen molar-refractivity contribution in [3.05, 3.63) is 54.2 Å². The molecule has 0 spiro atoms. The lowest BCUT2D eigenvalue weighted by molar-refractivity contribution is 0.0617. The number of carbonyl (C=O) groups excluding carboxylic acids is 1. The fraction of sp³-hybridized carbons (Fsp3) is 0.222. The maximum absolute atomic E-state index is 12.2. The third-order valence-electron chi connectivity index (χ3n) is 3.41. The zero-order chi connectivity index (χ0) is 18.9. The summed E-state index contributed by atoms with van der Waals surface area (Å²) in [4.78, 5) is 16.4. The number of amides is 2. The predicted molar refractivity (Wildman–Crippen MR) is 104 cm³/mol. The highest BCUT2D eigenvalue weighted by molar-refractivity contribution is 7.18. The van der Waals surface area contributed by atoms with Gasteiger partial charge in [-0.2, -0.15) is 0 Å². The number of anilines is 2. The fourth-order valence-electron chi connectivity index (χ4n) is 2.20. The van der Waals surface area contributed by atoms with E-state index in [0.717, 1.165) is 5.56 Å². The molecule has 27 heavy (non-hydrogen) atoms. The third kappa shape index (κ3) is 5.81. The molecule has 0 radical (unpaired) electrons. The molecule has 1 aromatic carbocycles. The number of pyridine rings is 1. The molecular formula is C18H19N5O3S. The van der Waals surface area contributed by atoms with Crippen molar-refractivity contribution in [1.29, 1.82) is 0 Å². The molecule has 2 N–H and O–H groups in total. The Kier molecular flexibility index (Phi) is 6.80. The number of urea groups is 1. The molecule has 3 aromatic rings. The lowest BCUT2D eigenvalue weighted by Crippen LogP contribution is -2.19. The van der Waals surface area contributed by atoms with E-state index in [9.17, 15) is 4.79 Å². The summed E-state index contributed by atoms with van der Waals surface area (Å²) in [7, 11) is 1.63. The maximum Gasteiger partial charge on any atom is 0.325 e. The molecule has 0 bridgehead atoms. The lowest BCUT2D eigenvalue weighted by atomic mass is 10.2. The van der Waals surface area contributed by atoms with Gasteiger partial charge in [0.05, 0.1) is 19.8 Å². The first-order valence-corrected chi connectivity index (χ1v) is 9.05. The summed E-state index contributed by atoms with van der Waals surface area (Å²) < 4.78 is 10.4. The van der Waals surface area contributed by atoms with Crippen molar-refractivity contribution >= 4 is 28.2 Å². The van der Waals surface area contributed by atoms with E-state index in [1.807, 2.05) is 36.4 Å². The van der Waals surface area contributed by atoms with Crippen LogP contribution in [0.25, 0.3) is 10.7 Å². The summed E-state index contributed by atoms with van der Waals surface area (Å²) in [6.07, 6.45) is 1.68. The molecule has 3 rings (SSSR count). The number of nitrogens with zero attached hydrogens (tertiary/aromatic N) is 3. The van der Waals surface area contributed by atoms with Crippen LogP contribution in [0.4, 0.5) is 15.6 Å². The SMILES string of the molecule is COCCOCc1cccc(NC(=O)Nc2nnc(-c3ccccn3)s2)c1. The molecule has 0 aliphatic heterocycles. The minimum Gasteiger partial charge on any atom is -0.382 e. The number of carbonyl (C=O) groups is 1. The lowest BCUT2D eigenvalue weighted by Gasteiger charge is -2.08. The van der Waals surface area contributed by atoms with Gasteiger partial charge in [-0.05, 0) is 29.8 Å². The third-order valence-corrected chi connectivity index (χ3v) is 4.28. The second kappa shape index (κ2) is 9.72. The Morgan fingerprint density at radius 2 is 2.04 bits per heavy atom. The minimum atomic E-state index is -0.392. The van der Waals surface area contributed by atoms with Crippen LogP contribution in [-0.2, 0) is 16.1 Å². The van der Waals surface area contributed by atoms with Crippen molar-refractivity contribution < 1.29 is 14.3 Å². The monoisotopic (exact) mass is 385 g/mol. The van der Waals surface area contributed by atoms with Crippen LogP contribution in [0.1, 0.15) is 5.56 Å². The van der Waals surface area contributed by atoms with Crippen molar-refractivity contribution in [3.8, 4) is 10.7 Å². The first-order valence-electron chi connectivity index (χ1n) is 8.23. The smallest absolute Gasteiger partial charge is 0.325 e. The van der Waals surface area contributed by atoms with Crippen LogP contribution in [-0.4, -0.2) is 41.5 Å². The highest BCUT2D eigenvalue weighted by Crippen LogP contribution is 2.24. The molecule has 9 heteroatoms. The molecule has 2 heterocycles. The average Bonchev–Trinajstić information content (AvgIpc) is 3.14. The van der Waals surface area contributed by atoms with E-state index in [-0.39, 0.29) is 0 Å². The number of benzene rings is 1. The van der Waals surface area contributed by atoms with Gasteiger partial charge < -0.3 is 14.8 Å². The summed E-state index contributed by atoms with van der Waals surface area (Å²) >= 11 is 1.26. The predicted octanol–water partition coefficient (Wildman–Crippen LogP) is 3.41. The normalized spacial score (nSPS) is 10.6. The van der Waals surface area contributed by atoms with Gasteiger partial charge in [0.2, 0.25) is 5.13 Å². The van der Waals surface area contributed by atoms with Gasteiger partial charge in [-0.3, -0.25) is 10.3 Å². The largest absolute Gasteiger partial charge is 0.382 e. The Morgan fingerprint density at radius 1 is 1.11 bits per heavy atom. The molecule has 0 unspecified atom stereocenters. The first-order chi connectivity index (χ1) is 13.2. The van der Waals surface area contributed by atoms with Crippen molar-refractivity contribution in [1.82, 2.24) is 15.2 Å². The van der Waals surface area contributed by atoms with Crippen LogP contribution in [0.5, 0.6) is 0 Å². The number of methoxy groups -OCH3 is 1. The van der Waals surface area contributed by atoms with E-state index in [4.69, 9.17) is 9.47 Å². The van der Waals surface area contributed by atoms with Crippen LogP contribution in [0.2, 0.25) is 0 Å². The van der Waals surface area contributed by atoms with Gasteiger partial charge in [0.1, 0.15) is 5.69 Å². The summed E-state index contributed by atoms with van der Waals surface area (Å²) in [5, 5.41) is 14.5. The molecule has 0 atom stereocenters. The second-order valence-electron chi connectivity index (χ2n) is 5.45. The Morgan fingerprint density at radius 3 is 2.85 bits per heavy atom. The number of hydrogen-bond donors (Lipinski definition) is 2. The number of hydrogen-bond acceptors (Lipinski definition) is 7. The van der Waals surface area contributed by atoms with E-state index in [1.165, 1.54) is 11.3 Å². The van der Waals surface area contributed by atoms with Crippen molar-refractivity contribution in [2.45, 2.75) is 6.61 Å². The number of rotatable bonds is 8. The molecule has 2 aromatic heterocycles. The molecule has 140 valence electrons. The summed E-state index contributed by atoms with van der Waals surface area (Å²) in [5.74, 6) is 0. The Labute approximate surface area is 160 Å². The average molecular weight is 385 g/mol. The second-order valence-corrected chi connectivity index (χ2v) is 6.43. The van der Waals surface area contributed by atoms with Gasteiger partial charge >= 0.3 is 6.03 Å². The van der Waals surface area contributed by atoms with E-state index >= 15 is 0 Å². The highest BCUT2D eigenvalue weighted by Gasteiger charge is 2.10. The number of ether oxygens (including phenoxy) is 2. The summed E-state index contributed by atoms with van der Waals surface area (Å²) in [5.41, 5.74) is 2.33. The van der Waals surface area contributed by atoms with Crippen molar-refractivity contribution in [2.24, 2.45) is 0 Å². The number of nitrogens with one attached hydrogen (secondary N) is 2. The van der Waals surface area contributed by atoms with Gasteiger partial charge in [-0.25, -0.2) is 4.79 Å². The molecular weight excluding hydrogens is 366 g/mol. The maximum atomic E-state index is 12.2. The first kappa shape index (κ1) is 18.9. The van der Waals surface area contributed by atoms with Gasteiger partial charge in [-0.1, -0.05) is 29.5 Å². The molecule has 0 saturated heterocycles. The van der Waals surface area contributed by atoms with E-state index in [2.05, 4.69) is 25.8 Å². The summed E-state index contributed by atoms with van der Waals surface area (Å²) in [6, 6.07) is 12.6. The van der Waals surface area contributed by atoms with Crippen LogP contribution < -0.4 is 10.6 Å². The Bertz CT molecular complexity index is 872.